The Balaban J connectivity index is 2.17. The van der Waals surface area contributed by atoms with Crippen molar-refractivity contribution in [1.82, 2.24) is 4.90 Å². The van der Waals surface area contributed by atoms with Crippen molar-refractivity contribution in [2.75, 3.05) is 18.8 Å². The first-order valence-electron chi connectivity index (χ1n) is 6.38. The highest BCUT2D eigenvalue weighted by Gasteiger charge is 2.27. The number of aromatic hydroxyl groups is 1. The third-order valence-corrected chi connectivity index (χ3v) is 5.35. The number of hydrogen-bond acceptors (Lipinski definition) is 3. The van der Waals surface area contributed by atoms with Crippen molar-refractivity contribution >= 4 is 33.6 Å². The topological polar surface area (TPSA) is 40.5 Å². The SMILES string of the molecule is CC(C)C1CN(C(=O)c2cc(Br)ccc2O)CCS1. The lowest BCUT2D eigenvalue weighted by molar-refractivity contribution is 0.0753. The van der Waals surface area contributed by atoms with Gasteiger partial charge in [-0.05, 0) is 24.1 Å². The Morgan fingerprint density at radius 2 is 2.26 bits per heavy atom. The monoisotopic (exact) mass is 343 g/mol. The molecule has 3 nitrogen and oxygen atoms in total. The van der Waals surface area contributed by atoms with Crippen molar-refractivity contribution in [2.45, 2.75) is 19.1 Å². The summed E-state index contributed by atoms with van der Waals surface area (Å²) < 4.78 is 0.806. The number of phenols is 1. The summed E-state index contributed by atoms with van der Waals surface area (Å²) in [5, 5.41) is 10.3. The molecule has 1 aliphatic rings. The summed E-state index contributed by atoms with van der Waals surface area (Å²) in [4.78, 5) is 14.3. The van der Waals surface area contributed by atoms with Crippen LogP contribution in [0.4, 0.5) is 0 Å². The summed E-state index contributed by atoms with van der Waals surface area (Å²) in [6, 6.07) is 4.97. The molecule has 0 aliphatic carbocycles. The van der Waals surface area contributed by atoms with E-state index in [2.05, 4.69) is 29.8 Å². The molecule has 19 heavy (non-hydrogen) atoms. The second-order valence-electron chi connectivity index (χ2n) is 5.07. The van der Waals surface area contributed by atoms with Crippen LogP contribution >= 0.6 is 27.7 Å². The molecule has 0 spiro atoms. The average molecular weight is 344 g/mol. The predicted octanol–water partition coefficient (Wildman–Crippen LogP) is 3.37. The van der Waals surface area contributed by atoms with Crippen molar-refractivity contribution in [3.05, 3.63) is 28.2 Å². The molecule has 1 aromatic rings. The number of halogens is 1. The van der Waals surface area contributed by atoms with E-state index in [0.717, 1.165) is 23.3 Å². The molecule has 1 aliphatic heterocycles. The molecular formula is C14H18BrNO2S. The Morgan fingerprint density at radius 1 is 1.53 bits per heavy atom. The Bertz CT molecular complexity index is 479. The average Bonchev–Trinajstić information content (AvgIpc) is 2.41. The van der Waals surface area contributed by atoms with Gasteiger partial charge in [0.25, 0.3) is 5.91 Å². The van der Waals surface area contributed by atoms with E-state index in [-0.39, 0.29) is 11.7 Å². The number of carbonyl (C=O) groups is 1. The smallest absolute Gasteiger partial charge is 0.257 e. The fraction of sp³-hybridized carbons (Fsp3) is 0.500. The van der Waals surface area contributed by atoms with Gasteiger partial charge in [0.1, 0.15) is 5.75 Å². The van der Waals surface area contributed by atoms with E-state index in [1.165, 1.54) is 0 Å². The molecule has 0 radical (unpaired) electrons. The Labute approximate surface area is 126 Å². The minimum atomic E-state index is -0.0789. The maximum absolute atomic E-state index is 12.5. The summed E-state index contributed by atoms with van der Waals surface area (Å²) in [7, 11) is 0. The molecule has 5 heteroatoms. The van der Waals surface area contributed by atoms with Crippen molar-refractivity contribution in [3.63, 3.8) is 0 Å². The summed E-state index contributed by atoms with van der Waals surface area (Å²) >= 11 is 5.27. The van der Waals surface area contributed by atoms with Crippen LogP contribution < -0.4 is 0 Å². The first-order chi connectivity index (χ1) is 8.99. The number of thioether (sulfide) groups is 1. The molecule has 1 unspecified atom stereocenters. The predicted molar refractivity (Wildman–Crippen MR) is 82.8 cm³/mol. The highest BCUT2D eigenvalue weighted by molar-refractivity contribution is 9.10. The first-order valence-corrected chi connectivity index (χ1v) is 8.22. The first kappa shape index (κ1) is 14.7. The lowest BCUT2D eigenvalue weighted by atomic mass is 10.1. The van der Waals surface area contributed by atoms with E-state index in [1.54, 1.807) is 18.2 Å². The molecule has 0 bridgehead atoms. The van der Waals surface area contributed by atoms with Crippen LogP contribution in [0.1, 0.15) is 24.2 Å². The molecule has 1 heterocycles. The van der Waals surface area contributed by atoms with Gasteiger partial charge in [0.15, 0.2) is 0 Å². The number of hydrogen-bond donors (Lipinski definition) is 1. The molecular weight excluding hydrogens is 326 g/mol. The molecule has 1 amide bonds. The molecule has 104 valence electrons. The van der Waals surface area contributed by atoms with Gasteiger partial charge in [0.2, 0.25) is 0 Å². The quantitative estimate of drug-likeness (QED) is 0.894. The minimum Gasteiger partial charge on any atom is -0.507 e. The lowest BCUT2D eigenvalue weighted by Gasteiger charge is -2.34. The van der Waals surface area contributed by atoms with Crippen LogP contribution in [-0.4, -0.2) is 40.0 Å². The summed E-state index contributed by atoms with van der Waals surface area (Å²) in [5.41, 5.74) is 0.379. The Morgan fingerprint density at radius 3 is 2.95 bits per heavy atom. The molecule has 1 fully saturated rings. The third kappa shape index (κ3) is 3.45. The zero-order chi connectivity index (χ0) is 14.0. The van der Waals surface area contributed by atoms with Gasteiger partial charge in [0.05, 0.1) is 5.56 Å². The van der Waals surface area contributed by atoms with Crippen LogP contribution in [-0.2, 0) is 0 Å². The van der Waals surface area contributed by atoms with Crippen LogP contribution in [0.2, 0.25) is 0 Å². The number of rotatable bonds is 2. The summed E-state index contributed by atoms with van der Waals surface area (Å²) in [6.45, 7) is 5.87. The van der Waals surface area contributed by atoms with E-state index >= 15 is 0 Å². The largest absolute Gasteiger partial charge is 0.507 e. The zero-order valence-corrected chi connectivity index (χ0v) is 13.5. The highest BCUT2D eigenvalue weighted by atomic mass is 79.9. The van der Waals surface area contributed by atoms with E-state index in [1.807, 2.05) is 16.7 Å². The molecule has 1 saturated heterocycles. The van der Waals surface area contributed by atoms with Crippen molar-refractivity contribution in [3.8, 4) is 5.75 Å². The summed E-state index contributed by atoms with van der Waals surface area (Å²) in [5.74, 6) is 1.48. The van der Waals surface area contributed by atoms with Crippen molar-refractivity contribution < 1.29 is 9.90 Å². The number of amides is 1. The normalized spacial score (nSPS) is 19.8. The Hall–Kier alpha value is -0.680. The number of nitrogens with zero attached hydrogens (tertiary/aromatic N) is 1. The standard InChI is InChI=1S/C14H18BrNO2S/c1-9(2)13-8-16(5-6-19-13)14(18)11-7-10(15)3-4-12(11)17/h3-4,7,9,13,17H,5-6,8H2,1-2H3. The van der Waals surface area contributed by atoms with Crippen LogP contribution in [0, 0.1) is 5.92 Å². The van der Waals surface area contributed by atoms with Crippen molar-refractivity contribution in [1.29, 1.82) is 0 Å². The second kappa shape index (κ2) is 6.18. The van der Waals surface area contributed by atoms with Crippen LogP contribution in [0.25, 0.3) is 0 Å². The summed E-state index contributed by atoms with van der Waals surface area (Å²) in [6.07, 6.45) is 0. The fourth-order valence-electron chi connectivity index (χ4n) is 2.11. The van der Waals surface area contributed by atoms with Crippen LogP contribution in [0.5, 0.6) is 5.75 Å². The molecule has 0 saturated carbocycles. The van der Waals surface area contributed by atoms with Crippen LogP contribution in [0.3, 0.4) is 0 Å². The maximum atomic E-state index is 12.5. The zero-order valence-electron chi connectivity index (χ0n) is 11.1. The van der Waals surface area contributed by atoms with Gasteiger partial charge >= 0.3 is 0 Å². The van der Waals surface area contributed by atoms with Gasteiger partial charge in [-0.1, -0.05) is 29.8 Å². The highest BCUT2D eigenvalue weighted by Crippen LogP contribution is 2.28. The number of carbonyl (C=O) groups excluding carboxylic acids is 1. The molecule has 1 atom stereocenters. The van der Waals surface area contributed by atoms with Gasteiger partial charge < -0.3 is 10.0 Å². The van der Waals surface area contributed by atoms with Crippen LogP contribution in [0.15, 0.2) is 22.7 Å². The third-order valence-electron chi connectivity index (χ3n) is 3.31. The second-order valence-corrected chi connectivity index (χ2v) is 7.33. The fourth-order valence-corrected chi connectivity index (χ4v) is 3.77. The van der Waals surface area contributed by atoms with E-state index in [0.29, 0.717) is 16.7 Å². The number of benzene rings is 1. The van der Waals surface area contributed by atoms with Gasteiger partial charge in [0, 0.05) is 28.6 Å². The molecule has 1 N–H and O–H groups in total. The molecule has 0 aromatic heterocycles. The van der Waals surface area contributed by atoms with E-state index in [9.17, 15) is 9.90 Å². The number of phenolic OH excluding ortho intramolecular Hbond substituents is 1. The van der Waals surface area contributed by atoms with Gasteiger partial charge in [-0.15, -0.1) is 0 Å². The van der Waals surface area contributed by atoms with Gasteiger partial charge in [-0.25, -0.2) is 0 Å². The minimum absolute atomic E-state index is 0.0486. The van der Waals surface area contributed by atoms with E-state index < -0.39 is 0 Å². The van der Waals surface area contributed by atoms with Gasteiger partial charge in [-0.2, -0.15) is 11.8 Å². The molecule has 1 aromatic carbocycles. The van der Waals surface area contributed by atoms with Crippen molar-refractivity contribution in [2.24, 2.45) is 5.92 Å². The lowest BCUT2D eigenvalue weighted by Crippen LogP contribution is -2.43. The maximum Gasteiger partial charge on any atom is 0.257 e. The van der Waals surface area contributed by atoms with E-state index in [4.69, 9.17) is 0 Å². The van der Waals surface area contributed by atoms with Gasteiger partial charge in [-0.3, -0.25) is 4.79 Å². The molecule has 2 rings (SSSR count). The Kier molecular flexibility index (Phi) is 4.79.